The molecule has 0 aromatic carbocycles. The van der Waals surface area contributed by atoms with E-state index in [-0.39, 0.29) is 24.0 Å². The summed E-state index contributed by atoms with van der Waals surface area (Å²) in [6.45, 7) is 1.43. The molecule has 1 aromatic heterocycles. The first kappa shape index (κ1) is 16.0. The molecule has 3 N–H and O–H groups in total. The third-order valence-corrected chi connectivity index (χ3v) is 3.24. The number of nitrogens with two attached hydrogens (primary N) is 1. The Morgan fingerprint density at radius 3 is 2.84 bits per heavy atom. The Hall–Kier alpha value is -1.05. The molecule has 1 heterocycles. The van der Waals surface area contributed by atoms with Crippen molar-refractivity contribution in [3.8, 4) is 5.75 Å². The van der Waals surface area contributed by atoms with Gasteiger partial charge in [-0.25, -0.2) is 4.99 Å². The Labute approximate surface area is 131 Å². The van der Waals surface area contributed by atoms with Crippen LogP contribution in [0.3, 0.4) is 0 Å². The normalized spacial score (nSPS) is 15.3. The van der Waals surface area contributed by atoms with Crippen molar-refractivity contribution in [2.45, 2.75) is 25.8 Å². The van der Waals surface area contributed by atoms with Crippen LogP contribution < -0.4 is 15.8 Å². The molecule has 1 aliphatic carbocycles. The van der Waals surface area contributed by atoms with Crippen molar-refractivity contribution in [2.75, 3.05) is 13.7 Å². The monoisotopic (exact) mass is 376 g/mol. The highest BCUT2D eigenvalue weighted by atomic mass is 127. The fraction of sp³-hybridized carbons (Fsp3) is 0.538. The zero-order valence-corrected chi connectivity index (χ0v) is 13.5. The van der Waals surface area contributed by atoms with Gasteiger partial charge in [-0.1, -0.05) is 6.42 Å². The number of halogens is 1. The van der Waals surface area contributed by atoms with Crippen LogP contribution in [0.15, 0.2) is 23.3 Å². The van der Waals surface area contributed by atoms with Gasteiger partial charge in [0.2, 0.25) is 0 Å². The topological polar surface area (TPSA) is 72.5 Å². The second kappa shape index (κ2) is 8.19. The zero-order valence-electron chi connectivity index (χ0n) is 11.1. The number of rotatable bonds is 5. The van der Waals surface area contributed by atoms with Crippen molar-refractivity contribution < 1.29 is 4.74 Å². The van der Waals surface area contributed by atoms with Gasteiger partial charge in [0, 0.05) is 6.54 Å². The van der Waals surface area contributed by atoms with E-state index in [9.17, 15) is 0 Å². The third-order valence-electron chi connectivity index (χ3n) is 3.24. The van der Waals surface area contributed by atoms with Crippen LogP contribution in [0.1, 0.15) is 25.0 Å². The van der Waals surface area contributed by atoms with E-state index in [1.54, 1.807) is 13.3 Å². The minimum absolute atomic E-state index is 0. The van der Waals surface area contributed by atoms with Gasteiger partial charge >= 0.3 is 0 Å². The number of methoxy groups -OCH3 is 1. The molecule has 2 rings (SSSR count). The molecule has 0 aliphatic heterocycles. The van der Waals surface area contributed by atoms with Crippen LogP contribution in [-0.4, -0.2) is 24.6 Å². The van der Waals surface area contributed by atoms with Gasteiger partial charge in [0.25, 0.3) is 0 Å². The summed E-state index contributed by atoms with van der Waals surface area (Å²) in [5.74, 6) is 2.02. The summed E-state index contributed by atoms with van der Waals surface area (Å²) < 4.78 is 5.04. The summed E-state index contributed by atoms with van der Waals surface area (Å²) in [5.41, 5.74) is 6.67. The molecule has 0 spiro atoms. The third kappa shape index (κ3) is 5.22. The lowest BCUT2D eigenvalue weighted by molar-refractivity contribution is 0.315. The lowest BCUT2D eigenvalue weighted by Crippen LogP contribution is -2.37. The Morgan fingerprint density at radius 2 is 2.32 bits per heavy atom. The summed E-state index contributed by atoms with van der Waals surface area (Å²) in [6.07, 6.45) is 5.64. The van der Waals surface area contributed by atoms with Crippen molar-refractivity contribution in [3.05, 3.63) is 24.0 Å². The number of nitrogens with zero attached hydrogens (tertiary/aromatic N) is 2. The standard InChI is InChI=1S/C13H20N4O.HI/c1-18-12-6-5-11(15-9-12)8-17-13(14)16-7-10-3-2-4-10;/h5-6,9-10H,2-4,7-8H2,1H3,(H3,14,16,17);1H. The number of aromatic nitrogens is 1. The molecule has 0 amide bonds. The van der Waals surface area contributed by atoms with Crippen molar-refractivity contribution in [3.63, 3.8) is 0 Å². The largest absolute Gasteiger partial charge is 0.495 e. The van der Waals surface area contributed by atoms with E-state index in [4.69, 9.17) is 10.5 Å². The molecule has 1 saturated carbocycles. The average molecular weight is 376 g/mol. The van der Waals surface area contributed by atoms with Gasteiger partial charge in [-0.3, -0.25) is 4.98 Å². The average Bonchev–Trinajstić information content (AvgIpc) is 2.35. The highest BCUT2D eigenvalue weighted by molar-refractivity contribution is 14.0. The van der Waals surface area contributed by atoms with Crippen LogP contribution in [0.4, 0.5) is 0 Å². The molecule has 0 saturated heterocycles. The Morgan fingerprint density at radius 1 is 1.53 bits per heavy atom. The van der Waals surface area contributed by atoms with E-state index < -0.39 is 0 Å². The minimum atomic E-state index is 0. The van der Waals surface area contributed by atoms with E-state index in [1.165, 1.54) is 19.3 Å². The number of hydrogen-bond acceptors (Lipinski definition) is 3. The fourth-order valence-electron chi connectivity index (χ4n) is 1.79. The molecule has 1 aromatic rings. The zero-order chi connectivity index (χ0) is 12.8. The number of guanidine groups is 1. The van der Waals surface area contributed by atoms with Gasteiger partial charge in [-0.2, -0.15) is 0 Å². The van der Waals surface area contributed by atoms with Crippen LogP contribution >= 0.6 is 24.0 Å². The number of pyridine rings is 1. The molecule has 1 fully saturated rings. The predicted octanol–water partition coefficient (Wildman–Crippen LogP) is 1.91. The van der Waals surface area contributed by atoms with Crippen LogP contribution in [0.25, 0.3) is 0 Å². The molecule has 5 nitrogen and oxygen atoms in total. The SMILES string of the molecule is COc1ccc(CN=C(N)NCC2CCC2)nc1.I. The highest BCUT2D eigenvalue weighted by Crippen LogP contribution is 2.24. The Kier molecular flexibility index (Phi) is 6.90. The lowest BCUT2D eigenvalue weighted by Gasteiger charge is -2.25. The molecular weight excluding hydrogens is 355 g/mol. The summed E-state index contributed by atoms with van der Waals surface area (Å²) in [4.78, 5) is 8.49. The van der Waals surface area contributed by atoms with E-state index in [0.29, 0.717) is 12.5 Å². The van der Waals surface area contributed by atoms with Crippen LogP contribution in [0.2, 0.25) is 0 Å². The quantitative estimate of drug-likeness (QED) is 0.468. The van der Waals surface area contributed by atoms with Gasteiger partial charge in [-0.05, 0) is 30.9 Å². The van der Waals surface area contributed by atoms with Crippen LogP contribution in [-0.2, 0) is 6.54 Å². The maximum absolute atomic E-state index is 5.79. The molecule has 19 heavy (non-hydrogen) atoms. The van der Waals surface area contributed by atoms with Crippen molar-refractivity contribution >= 4 is 29.9 Å². The molecular formula is C13H21IN4O. The maximum Gasteiger partial charge on any atom is 0.188 e. The minimum Gasteiger partial charge on any atom is -0.495 e. The molecule has 6 heteroatoms. The first-order valence-electron chi connectivity index (χ1n) is 6.30. The predicted molar refractivity (Wildman–Crippen MR) is 86.9 cm³/mol. The van der Waals surface area contributed by atoms with Gasteiger partial charge in [0.15, 0.2) is 5.96 Å². The van der Waals surface area contributed by atoms with E-state index in [0.717, 1.165) is 23.9 Å². The van der Waals surface area contributed by atoms with Crippen LogP contribution in [0, 0.1) is 5.92 Å². The molecule has 0 bridgehead atoms. The van der Waals surface area contributed by atoms with Crippen LogP contribution in [0.5, 0.6) is 5.75 Å². The van der Waals surface area contributed by atoms with Gasteiger partial charge in [0.1, 0.15) is 5.75 Å². The first-order valence-corrected chi connectivity index (χ1v) is 6.30. The lowest BCUT2D eigenvalue weighted by atomic mass is 9.85. The number of hydrogen-bond donors (Lipinski definition) is 2. The molecule has 0 atom stereocenters. The van der Waals surface area contributed by atoms with Gasteiger partial charge in [0.05, 0.1) is 25.5 Å². The van der Waals surface area contributed by atoms with E-state index >= 15 is 0 Å². The smallest absolute Gasteiger partial charge is 0.188 e. The number of aliphatic imine (C=N–C) groups is 1. The van der Waals surface area contributed by atoms with E-state index in [2.05, 4.69) is 15.3 Å². The number of ether oxygens (including phenoxy) is 1. The fourth-order valence-corrected chi connectivity index (χ4v) is 1.79. The van der Waals surface area contributed by atoms with Crippen molar-refractivity contribution in [1.29, 1.82) is 0 Å². The first-order chi connectivity index (χ1) is 8.78. The summed E-state index contributed by atoms with van der Waals surface area (Å²) in [5, 5.41) is 3.15. The molecule has 1 aliphatic rings. The van der Waals surface area contributed by atoms with Crippen molar-refractivity contribution in [2.24, 2.45) is 16.6 Å². The molecule has 106 valence electrons. The van der Waals surface area contributed by atoms with Crippen molar-refractivity contribution in [1.82, 2.24) is 10.3 Å². The van der Waals surface area contributed by atoms with E-state index in [1.807, 2.05) is 12.1 Å². The Bertz CT molecular complexity index is 404. The summed E-state index contributed by atoms with van der Waals surface area (Å²) in [6, 6.07) is 3.76. The Balaban J connectivity index is 0.00000180. The summed E-state index contributed by atoms with van der Waals surface area (Å²) >= 11 is 0. The second-order valence-corrected chi connectivity index (χ2v) is 4.57. The summed E-state index contributed by atoms with van der Waals surface area (Å²) in [7, 11) is 1.62. The second-order valence-electron chi connectivity index (χ2n) is 4.57. The maximum atomic E-state index is 5.79. The molecule has 0 radical (unpaired) electrons. The van der Waals surface area contributed by atoms with Gasteiger partial charge in [-0.15, -0.1) is 24.0 Å². The highest BCUT2D eigenvalue weighted by Gasteiger charge is 2.16. The number of nitrogens with one attached hydrogen (secondary N) is 1. The van der Waals surface area contributed by atoms with Gasteiger partial charge < -0.3 is 15.8 Å². The molecule has 0 unspecified atom stereocenters.